The van der Waals surface area contributed by atoms with Crippen LogP contribution >= 0.6 is 0 Å². The minimum Gasteiger partial charge on any atom is -0.460 e. The van der Waals surface area contributed by atoms with Crippen molar-refractivity contribution in [3.8, 4) is 0 Å². The van der Waals surface area contributed by atoms with Crippen molar-refractivity contribution in [2.45, 2.75) is 101 Å². The van der Waals surface area contributed by atoms with Crippen molar-refractivity contribution in [3.05, 3.63) is 53.1 Å². The molecule has 0 aromatic heterocycles. The lowest BCUT2D eigenvalue weighted by molar-refractivity contribution is -0.155. The molecule has 2 heterocycles. The Morgan fingerprint density at radius 1 is 1.12 bits per heavy atom. The van der Waals surface area contributed by atoms with Gasteiger partial charge in [-0.05, 0) is 76.1 Å². The summed E-state index contributed by atoms with van der Waals surface area (Å²) < 4.78 is 28.0. The van der Waals surface area contributed by atoms with Crippen molar-refractivity contribution < 1.29 is 43.2 Å². The van der Waals surface area contributed by atoms with E-state index in [1.165, 1.54) is 0 Å². The first kappa shape index (κ1) is 30.4. The van der Waals surface area contributed by atoms with Crippen LogP contribution in [-0.2, 0) is 33.3 Å². The van der Waals surface area contributed by atoms with Crippen molar-refractivity contribution in [3.63, 3.8) is 0 Å². The summed E-state index contributed by atoms with van der Waals surface area (Å²) in [4.78, 5) is 38.2. The highest BCUT2D eigenvalue weighted by Gasteiger charge is 2.44. The fourth-order valence-electron chi connectivity index (χ4n) is 5.69. The molecule has 2 saturated heterocycles. The third kappa shape index (κ3) is 8.06. The number of esters is 2. The Kier molecular flexibility index (Phi) is 9.47. The molecule has 1 saturated carbocycles. The first-order valence-electron chi connectivity index (χ1n) is 14.8. The minimum absolute atomic E-state index is 0.0273. The Morgan fingerprint density at radius 3 is 2.62 bits per heavy atom. The third-order valence-corrected chi connectivity index (χ3v) is 7.97. The number of hydrogen-bond donors (Lipinski definition) is 2. The summed E-state index contributed by atoms with van der Waals surface area (Å²) in [6.45, 7) is 5.02. The second-order valence-electron chi connectivity index (χ2n) is 12.5. The van der Waals surface area contributed by atoms with E-state index in [0.29, 0.717) is 29.3 Å². The highest BCUT2D eigenvalue weighted by atomic mass is 16.7. The number of allylic oxidation sites excluding steroid dienone is 1. The largest absolute Gasteiger partial charge is 0.460 e. The van der Waals surface area contributed by atoms with Crippen LogP contribution in [0.4, 0.5) is 0 Å². The van der Waals surface area contributed by atoms with Crippen LogP contribution in [0, 0.1) is 5.92 Å². The molecule has 0 radical (unpaired) electrons. The van der Waals surface area contributed by atoms with E-state index in [2.05, 4.69) is 17.5 Å². The zero-order valence-electron chi connectivity index (χ0n) is 24.5. The molecular formula is C32H41NO9. The molecule has 0 spiro atoms. The standard InChI is InChI=1S/C32H41NO9/c1-32(2,3)42-28(35)13-11-23(17-34)33-30(36)22-15-26-29(39-18-38-26)27(16-22)41-31(37)21-9-6-19(7-10-21)4-5-20-8-12-24-25(14-20)40-24/h4-7,9-10,15,20,23-27,29,34H,8,11-14,16-18H2,1-3H3,(H,33,36)/t20?,23-,24?,25?,26+,27+,29+/m0/s1. The van der Waals surface area contributed by atoms with Gasteiger partial charge in [0.1, 0.15) is 30.7 Å². The van der Waals surface area contributed by atoms with Gasteiger partial charge in [0.2, 0.25) is 5.91 Å². The normalized spacial score (nSPS) is 29.2. The van der Waals surface area contributed by atoms with Gasteiger partial charge < -0.3 is 34.1 Å². The lowest BCUT2D eigenvalue weighted by Crippen LogP contribution is -2.45. The van der Waals surface area contributed by atoms with Crippen LogP contribution in [0.1, 0.15) is 75.2 Å². The number of hydrogen-bond acceptors (Lipinski definition) is 9. The van der Waals surface area contributed by atoms with E-state index in [9.17, 15) is 19.5 Å². The van der Waals surface area contributed by atoms with Gasteiger partial charge in [0.15, 0.2) is 0 Å². The Hall–Kier alpha value is -3.05. The fraction of sp³-hybridized carbons (Fsp3) is 0.594. The van der Waals surface area contributed by atoms with E-state index in [1.807, 2.05) is 12.1 Å². The lowest BCUT2D eigenvalue weighted by atomic mass is 9.89. The molecule has 3 fully saturated rings. The molecule has 228 valence electrons. The summed E-state index contributed by atoms with van der Waals surface area (Å²) in [6, 6.07) is 6.59. The summed E-state index contributed by atoms with van der Waals surface area (Å²) >= 11 is 0. The highest BCUT2D eigenvalue weighted by Crippen LogP contribution is 2.40. The second kappa shape index (κ2) is 13.1. The quantitative estimate of drug-likeness (QED) is 0.314. The van der Waals surface area contributed by atoms with Gasteiger partial charge >= 0.3 is 11.9 Å². The maximum atomic E-state index is 13.1. The smallest absolute Gasteiger partial charge is 0.338 e. The third-order valence-electron chi connectivity index (χ3n) is 7.97. The van der Waals surface area contributed by atoms with Gasteiger partial charge in [-0.15, -0.1) is 0 Å². The number of aliphatic hydroxyl groups excluding tert-OH is 1. The Morgan fingerprint density at radius 2 is 1.90 bits per heavy atom. The van der Waals surface area contributed by atoms with E-state index in [0.717, 1.165) is 24.8 Å². The summed E-state index contributed by atoms with van der Waals surface area (Å²) in [5.41, 5.74) is 1.15. The maximum Gasteiger partial charge on any atom is 0.338 e. The Labute approximate surface area is 246 Å². The van der Waals surface area contributed by atoms with Crippen molar-refractivity contribution in [2.75, 3.05) is 13.4 Å². The zero-order valence-corrected chi connectivity index (χ0v) is 24.5. The minimum atomic E-state index is -0.732. The van der Waals surface area contributed by atoms with E-state index in [-0.39, 0.29) is 32.7 Å². The average molecular weight is 584 g/mol. The van der Waals surface area contributed by atoms with Crippen molar-refractivity contribution in [1.82, 2.24) is 5.32 Å². The van der Waals surface area contributed by atoms with Crippen molar-refractivity contribution >= 4 is 23.9 Å². The number of carbonyl (C=O) groups is 3. The molecule has 7 atom stereocenters. The SMILES string of the molecule is CC(C)(C)OC(=O)CC[C@@H](CO)NC(=O)C1=C[C@H]2OCO[C@H]2[C@H](OC(=O)c2ccc(C=CC3CCC4OC4C3)cc2)C1. The van der Waals surface area contributed by atoms with Gasteiger partial charge in [0.05, 0.1) is 30.4 Å². The van der Waals surface area contributed by atoms with Crippen LogP contribution in [0.2, 0.25) is 0 Å². The number of ether oxygens (including phenoxy) is 5. The van der Waals surface area contributed by atoms with Gasteiger partial charge in [-0.2, -0.15) is 0 Å². The molecule has 4 aliphatic rings. The van der Waals surface area contributed by atoms with Crippen molar-refractivity contribution in [1.29, 1.82) is 0 Å². The van der Waals surface area contributed by atoms with Crippen LogP contribution in [0.15, 0.2) is 42.0 Å². The second-order valence-corrected chi connectivity index (χ2v) is 12.5. The predicted octanol–water partition coefficient (Wildman–Crippen LogP) is 3.46. The molecule has 2 aliphatic carbocycles. The lowest BCUT2D eigenvalue weighted by Gasteiger charge is -2.30. The number of fused-ring (bicyclic) bond motifs is 2. The van der Waals surface area contributed by atoms with Crippen LogP contribution in [0.3, 0.4) is 0 Å². The Bertz CT molecular complexity index is 1200. The molecule has 0 bridgehead atoms. The van der Waals surface area contributed by atoms with E-state index in [1.54, 1.807) is 39.0 Å². The molecule has 5 rings (SSSR count). The number of amides is 1. The molecule has 42 heavy (non-hydrogen) atoms. The van der Waals surface area contributed by atoms with Crippen LogP contribution in [0.5, 0.6) is 0 Å². The maximum absolute atomic E-state index is 13.1. The fourth-order valence-corrected chi connectivity index (χ4v) is 5.69. The van der Waals surface area contributed by atoms with Crippen molar-refractivity contribution in [2.24, 2.45) is 5.92 Å². The van der Waals surface area contributed by atoms with Gasteiger partial charge in [-0.25, -0.2) is 4.79 Å². The molecule has 1 aromatic carbocycles. The van der Waals surface area contributed by atoms with Gasteiger partial charge in [0, 0.05) is 18.4 Å². The van der Waals surface area contributed by atoms with Crippen LogP contribution in [0.25, 0.3) is 6.08 Å². The topological polar surface area (TPSA) is 133 Å². The first-order chi connectivity index (χ1) is 20.1. The summed E-state index contributed by atoms with van der Waals surface area (Å²) in [7, 11) is 0. The zero-order chi connectivity index (χ0) is 29.9. The first-order valence-corrected chi connectivity index (χ1v) is 14.8. The molecule has 2 N–H and O–H groups in total. The summed E-state index contributed by atoms with van der Waals surface area (Å²) in [6.07, 6.45) is 8.81. The monoisotopic (exact) mass is 583 g/mol. The molecule has 10 nitrogen and oxygen atoms in total. The number of aliphatic hydroxyl groups is 1. The summed E-state index contributed by atoms with van der Waals surface area (Å²) in [5.74, 6) is -0.825. The number of nitrogens with one attached hydrogen (secondary N) is 1. The Balaban J connectivity index is 1.15. The summed E-state index contributed by atoms with van der Waals surface area (Å²) in [5, 5.41) is 12.6. The average Bonchev–Trinajstić information content (AvgIpc) is 3.57. The molecule has 2 aliphatic heterocycles. The van der Waals surface area contributed by atoms with E-state index >= 15 is 0 Å². The van der Waals surface area contributed by atoms with E-state index < -0.39 is 47.8 Å². The molecule has 10 heteroatoms. The van der Waals surface area contributed by atoms with Crippen LogP contribution in [-0.4, -0.2) is 78.5 Å². The van der Waals surface area contributed by atoms with Crippen LogP contribution < -0.4 is 5.32 Å². The highest BCUT2D eigenvalue weighted by molar-refractivity contribution is 5.94. The molecule has 1 aromatic rings. The number of carbonyl (C=O) groups excluding carboxylic acids is 3. The van der Waals surface area contributed by atoms with E-state index in [4.69, 9.17) is 23.7 Å². The molecule has 1 amide bonds. The number of epoxide rings is 1. The number of rotatable bonds is 10. The van der Waals surface area contributed by atoms with Gasteiger partial charge in [-0.3, -0.25) is 9.59 Å². The molecular weight excluding hydrogens is 542 g/mol. The van der Waals surface area contributed by atoms with Gasteiger partial charge in [0.25, 0.3) is 0 Å². The molecule has 3 unspecified atom stereocenters. The van der Waals surface area contributed by atoms with Gasteiger partial charge in [-0.1, -0.05) is 24.3 Å². The number of benzene rings is 1. The predicted molar refractivity (Wildman–Crippen MR) is 152 cm³/mol.